The number of nitrogens with two attached hydrogens (primary N) is 1. The first-order valence-corrected chi connectivity index (χ1v) is 13.2. The third-order valence-electron chi connectivity index (χ3n) is 6.55. The number of carbonyl (C=O) groups excluding carboxylic acids is 2. The van der Waals surface area contributed by atoms with Crippen LogP contribution >= 0.6 is 0 Å². The van der Waals surface area contributed by atoms with Crippen molar-refractivity contribution in [3.05, 3.63) is 78.1 Å². The van der Waals surface area contributed by atoms with Crippen LogP contribution in [0.3, 0.4) is 0 Å². The maximum atomic E-state index is 13.2. The van der Waals surface area contributed by atoms with Gasteiger partial charge in [-0.25, -0.2) is 4.79 Å². The first kappa shape index (κ1) is 27.9. The average Bonchev–Trinajstić information content (AvgIpc) is 2.95. The molecule has 206 valence electrons. The molecule has 1 fully saturated rings. The minimum atomic E-state index is -0.360. The van der Waals surface area contributed by atoms with Crippen molar-refractivity contribution >= 4 is 29.0 Å². The summed E-state index contributed by atoms with van der Waals surface area (Å²) in [5, 5.41) is 15.2. The summed E-state index contributed by atoms with van der Waals surface area (Å²) < 4.78 is 5.41. The lowest BCUT2D eigenvalue weighted by Gasteiger charge is -2.27. The van der Waals surface area contributed by atoms with Crippen LogP contribution in [0.4, 0.5) is 21.9 Å². The highest BCUT2D eigenvalue weighted by atomic mass is 16.5. The van der Waals surface area contributed by atoms with Crippen LogP contribution in [-0.2, 0) is 11.3 Å². The van der Waals surface area contributed by atoms with Crippen LogP contribution in [0, 0.1) is 0 Å². The second-order valence-corrected chi connectivity index (χ2v) is 9.51. The van der Waals surface area contributed by atoms with E-state index in [0.717, 1.165) is 57.7 Å². The number of hydrogen-bond acceptors (Lipinski definition) is 7. The Labute approximate surface area is 228 Å². The van der Waals surface area contributed by atoms with E-state index in [2.05, 4.69) is 20.5 Å². The number of aromatic hydroxyl groups is 1. The molecule has 2 heterocycles. The van der Waals surface area contributed by atoms with Gasteiger partial charge in [-0.2, -0.15) is 0 Å². The van der Waals surface area contributed by atoms with E-state index in [1.807, 2.05) is 0 Å². The van der Waals surface area contributed by atoms with Crippen molar-refractivity contribution in [1.29, 1.82) is 0 Å². The Bertz CT molecular complexity index is 1210. The fourth-order valence-corrected chi connectivity index (χ4v) is 4.31. The van der Waals surface area contributed by atoms with E-state index in [0.29, 0.717) is 30.2 Å². The van der Waals surface area contributed by atoms with Crippen molar-refractivity contribution in [3.8, 4) is 5.75 Å². The Kier molecular flexibility index (Phi) is 10.1. The number of anilines is 3. The van der Waals surface area contributed by atoms with Crippen LogP contribution in [0.5, 0.6) is 5.75 Å². The maximum Gasteiger partial charge on any atom is 0.322 e. The Morgan fingerprint density at radius 1 is 0.974 bits per heavy atom. The summed E-state index contributed by atoms with van der Waals surface area (Å²) in [6.45, 7) is 5.48. The molecule has 1 aliphatic rings. The monoisotopic (exact) mass is 532 g/mol. The van der Waals surface area contributed by atoms with Gasteiger partial charge in [0.15, 0.2) is 0 Å². The summed E-state index contributed by atoms with van der Waals surface area (Å²) in [5.41, 5.74) is 8.57. The van der Waals surface area contributed by atoms with Gasteiger partial charge in [-0.15, -0.1) is 0 Å². The summed E-state index contributed by atoms with van der Waals surface area (Å²) in [7, 11) is 0. The van der Waals surface area contributed by atoms with E-state index in [-0.39, 0.29) is 23.4 Å². The van der Waals surface area contributed by atoms with Gasteiger partial charge in [-0.1, -0.05) is 24.6 Å². The van der Waals surface area contributed by atoms with Crippen LogP contribution in [-0.4, -0.2) is 71.2 Å². The minimum Gasteiger partial charge on any atom is -0.508 e. The second kappa shape index (κ2) is 14.1. The molecule has 39 heavy (non-hydrogen) atoms. The number of phenols is 1. The van der Waals surface area contributed by atoms with Crippen molar-refractivity contribution in [1.82, 2.24) is 14.8 Å². The fourth-order valence-electron chi connectivity index (χ4n) is 4.31. The highest BCUT2D eigenvalue weighted by Crippen LogP contribution is 2.18. The van der Waals surface area contributed by atoms with E-state index < -0.39 is 0 Å². The maximum absolute atomic E-state index is 13.2. The van der Waals surface area contributed by atoms with Gasteiger partial charge in [0.25, 0.3) is 5.91 Å². The molecule has 0 radical (unpaired) electrons. The zero-order valence-corrected chi connectivity index (χ0v) is 22.0. The molecular formula is C29H36N6O4. The van der Waals surface area contributed by atoms with Crippen LogP contribution < -0.4 is 16.4 Å². The first-order chi connectivity index (χ1) is 19.0. The Balaban J connectivity index is 1.35. The Hall–Kier alpha value is -4.15. The number of para-hydroxylation sites is 2. The van der Waals surface area contributed by atoms with Crippen molar-refractivity contribution in [2.75, 3.05) is 55.8 Å². The van der Waals surface area contributed by atoms with E-state index >= 15 is 0 Å². The molecule has 4 rings (SSSR count). The molecule has 3 aromatic rings. The normalized spacial score (nSPS) is 13.5. The smallest absolute Gasteiger partial charge is 0.322 e. The molecule has 0 unspecified atom stereocenters. The molecule has 10 heteroatoms. The summed E-state index contributed by atoms with van der Waals surface area (Å²) in [6.07, 6.45) is 4.54. The van der Waals surface area contributed by atoms with E-state index in [1.165, 1.54) is 12.1 Å². The molecular weight excluding hydrogens is 496 g/mol. The first-order valence-electron chi connectivity index (χ1n) is 13.2. The molecule has 1 aliphatic heterocycles. The molecule has 0 bridgehead atoms. The number of rotatable bonds is 11. The molecule has 0 spiro atoms. The largest absolute Gasteiger partial charge is 0.508 e. The summed E-state index contributed by atoms with van der Waals surface area (Å²) in [6, 6.07) is 16.6. The predicted molar refractivity (Wildman–Crippen MR) is 152 cm³/mol. The topological polar surface area (TPSA) is 133 Å². The van der Waals surface area contributed by atoms with Gasteiger partial charge in [0.1, 0.15) is 11.4 Å². The third kappa shape index (κ3) is 8.69. The van der Waals surface area contributed by atoms with E-state index in [1.54, 1.807) is 59.6 Å². The number of unbranched alkanes of at least 4 members (excludes halogenated alkanes) is 2. The van der Waals surface area contributed by atoms with Crippen LogP contribution in [0.2, 0.25) is 0 Å². The number of carbonyl (C=O) groups is 2. The highest BCUT2D eigenvalue weighted by Gasteiger charge is 2.16. The molecule has 3 amide bonds. The predicted octanol–water partition coefficient (Wildman–Crippen LogP) is 4.16. The number of hydrogen-bond donors (Lipinski definition) is 4. The zero-order valence-electron chi connectivity index (χ0n) is 22.0. The number of urea groups is 1. The molecule has 10 nitrogen and oxygen atoms in total. The number of morpholine rings is 1. The zero-order chi connectivity index (χ0) is 27.5. The molecule has 0 aliphatic carbocycles. The standard InChI is InChI=1S/C29H36N6O4/c30-25-6-2-3-7-26(25)33-28(37)27-13-8-22(20-31-27)21-35(29(38)32-23-9-11-24(36)12-10-23)15-5-1-4-14-34-16-18-39-19-17-34/h2-3,6-13,20,36H,1,4-5,14-19,21,30H2,(H,32,38)(H,33,37). The lowest BCUT2D eigenvalue weighted by atomic mass is 10.2. The van der Waals surface area contributed by atoms with Gasteiger partial charge in [0.2, 0.25) is 0 Å². The highest BCUT2D eigenvalue weighted by molar-refractivity contribution is 6.04. The molecule has 0 saturated carbocycles. The van der Waals surface area contributed by atoms with Gasteiger partial charge < -0.3 is 31.1 Å². The molecule has 2 aromatic carbocycles. The van der Waals surface area contributed by atoms with Gasteiger partial charge in [0, 0.05) is 38.1 Å². The molecule has 0 atom stereocenters. The van der Waals surface area contributed by atoms with Crippen LogP contribution in [0.15, 0.2) is 66.9 Å². The Morgan fingerprint density at radius 2 is 1.74 bits per heavy atom. The SMILES string of the molecule is Nc1ccccc1NC(=O)c1ccc(CN(CCCCCN2CCOCC2)C(=O)Nc2ccc(O)cc2)cn1. The number of phenolic OH excluding ortho intramolecular Hbond substituents is 1. The number of amides is 3. The van der Waals surface area contributed by atoms with Crippen LogP contribution in [0.25, 0.3) is 0 Å². The van der Waals surface area contributed by atoms with Gasteiger partial charge in [0.05, 0.1) is 24.6 Å². The third-order valence-corrected chi connectivity index (χ3v) is 6.55. The summed E-state index contributed by atoms with van der Waals surface area (Å²) >= 11 is 0. The summed E-state index contributed by atoms with van der Waals surface area (Å²) in [5.74, 6) is -0.225. The number of ether oxygens (including phenoxy) is 1. The lowest BCUT2D eigenvalue weighted by molar-refractivity contribution is 0.0371. The van der Waals surface area contributed by atoms with Crippen LogP contribution in [0.1, 0.15) is 35.3 Å². The van der Waals surface area contributed by atoms with Crippen molar-refractivity contribution in [2.24, 2.45) is 0 Å². The Morgan fingerprint density at radius 3 is 2.46 bits per heavy atom. The van der Waals surface area contributed by atoms with Crippen molar-refractivity contribution in [3.63, 3.8) is 0 Å². The van der Waals surface area contributed by atoms with Crippen molar-refractivity contribution in [2.45, 2.75) is 25.8 Å². The lowest BCUT2D eigenvalue weighted by Crippen LogP contribution is -2.37. The number of aromatic nitrogens is 1. The average molecular weight is 533 g/mol. The number of nitrogens with one attached hydrogen (secondary N) is 2. The fraction of sp³-hybridized carbons (Fsp3) is 0.345. The quantitative estimate of drug-likeness (QED) is 0.166. The molecule has 1 saturated heterocycles. The van der Waals surface area contributed by atoms with Gasteiger partial charge in [-0.05, 0) is 67.4 Å². The number of pyridine rings is 1. The second-order valence-electron chi connectivity index (χ2n) is 9.51. The van der Waals surface area contributed by atoms with Gasteiger partial charge in [-0.3, -0.25) is 14.7 Å². The number of benzene rings is 2. The van der Waals surface area contributed by atoms with E-state index in [4.69, 9.17) is 10.5 Å². The molecule has 1 aromatic heterocycles. The number of nitrogen functional groups attached to an aromatic ring is 1. The summed E-state index contributed by atoms with van der Waals surface area (Å²) in [4.78, 5) is 34.2. The minimum absolute atomic E-state index is 0.135. The van der Waals surface area contributed by atoms with Crippen molar-refractivity contribution < 1.29 is 19.4 Å². The number of nitrogens with zero attached hydrogens (tertiary/aromatic N) is 3. The molecule has 5 N–H and O–H groups in total. The van der Waals surface area contributed by atoms with Gasteiger partial charge >= 0.3 is 6.03 Å². The van der Waals surface area contributed by atoms with E-state index in [9.17, 15) is 14.7 Å².